The van der Waals surface area contributed by atoms with Crippen LogP contribution in [0.2, 0.25) is 0 Å². The van der Waals surface area contributed by atoms with Crippen molar-refractivity contribution in [2.75, 3.05) is 15.6 Å². The smallest absolute Gasteiger partial charge is 0.269 e. The van der Waals surface area contributed by atoms with E-state index in [2.05, 4.69) is 45.9 Å². The molecule has 1 atom stereocenters. The van der Waals surface area contributed by atoms with Crippen molar-refractivity contribution in [1.29, 1.82) is 0 Å². The Labute approximate surface area is 175 Å². The second kappa shape index (κ2) is 5.76. The monoisotopic (exact) mass is 404 g/mol. The summed E-state index contributed by atoms with van der Waals surface area (Å²) in [6.07, 6.45) is 2.16. The van der Waals surface area contributed by atoms with Crippen molar-refractivity contribution in [3.8, 4) is 0 Å². The van der Waals surface area contributed by atoms with Gasteiger partial charge in [0.25, 0.3) is 5.91 Å². The highest BCUT2D eigenvalue weighted by molar-refractivity contribution is 8.02. The Kier molecular flexibility index (Phi) is 3.67. The molecule has 0 bridgehead atoms. The SMILES string of the molecule is CC1=CC(C)(C)N2C(=O)[C@@]3(SCC(=O)N3c3ccc(C)cc3)c3cc(C)cc1c32. The maximum atomic E-state index is 14.1. The van der Waals surface area contributed by atoms with Gasteiger partial charge >= 0.3 is 0 Å². The highest BCUT2D eigenvalue weighted by Crippen LogP contribution is 2.60. The number of allylic oxidation sites excluding steroid dienone is 1. The van der Waals surface area contributed by atoms with E-state index in [9.17, 15) is 9.59 Å². The molecule has 5 heteroatoms. The number of nitrogens with zero attached hydrogens (tertiary/aromatic N) is 2. The average molecular weight is 405 g/mol. The molecule has 1 fully saturated rings. The quantitative estimate of drug-likeness (QED) is 0.687. The van der Waals surface area contributed by atoms with Crippen LogP contribution in [0.3, 0.4) is 0 Å². The molecule has 0 aromatic heterocycles. The van der Waals surface area contributed by atoms with Gasteiger partial charge in [-0.2, -0.15) is 0 Å². The molecule has 4 nitrogen and oxygen atoms in total. The predicted octanol–water partition coefficient (Wildman–Crippen LogP) is 4.78. The summed E-state index contributed by atoms with van der Waals surface area (Å²) in [5.74, 6) is 0.248. The van der Waals surface area contributed by atoms with E-state index in [1.54, 1.807) is 4.90 Å². The van der Waals surface area contributed by atoms with Gasteiger partial charge in [0.2, 0.25) is 10.8 Å². The number of carbonyl (C=O) groups is 2. The van der Waals surface area contributed by atoms with Crippen LogP contribution in [0.15, 0.2) is 42.5 Å². The molecule has 5 rings (SSSR count). The van der Waals surface area contributed by atoms with Crippen molar-refractivity contribution in [1.82, 2.24) is 0 Å². The Morgan fingerprint density at radius 2 is 1.62 bits per heavy atom. The lowest BCUT2D eigenvalue weighted by molar-refractivity contribution is -0.124. The van der Waals surface area contributed by atoms with E-state index in [1.165, 1.54) is 17.3 Å². The van der Waals surface area contributed by atoms with Gasteiger partial charge < -0.3 is 0 Å². The predicted molar refractivity (Wildman–Crippen MR) is 119 cm³/mol. The highest BCUT2D eigenvalue weighted by atomic mass is 32.2. The first-order chi connectivity index (χ1) is 13.7. The number of thioether (sulfide) groups is 1. The van der Waals surface area contributed by atoms with Crippen LogP contribution in [-0.4, -0.2) is 23.1 Å². The number of amides is 2. The van der Waals surface area contributed by atoms with Gasteiger partial charge in [0.1, 0.15) is 0 Å². The molecule has 2 aromatic rings. The maximum absolute atomic E-state index is 14.1. The summed E-state index contributed by atoms with van der Waals surface area (Å²) in [4.78, 5) is 29.8. The van der Waals surface area contributed by atoms with Gasteiger partial charge in [-0.15, -0.1) is 11.8 Å². The normalized spacial score (nSPS) is 24.4. The van der Waals surface area contributed by atoms with Crippen LogP contribution in [0.4, 0.5) is 11.4 Å². The Balaban J connectivity index is 1.82. The van der Waals surface area contributed by atoms with E-state index in [0.29, 0.717) is 5.75 Å². The number of anilines is 2. The summed E-state index contributed by atoms with van der Waals surface area (Å²) in [6.45, 7) is 10.3. The van der Waals surface area contributed by atoms with Gasteiger partial charge in [-0.05, 0) is 64.0 Å². The van der Waals surface area contributed by atoms with Crippen molar-refractivity contribution in [2.24, 2.45) is 0 Å². The topological polar surface area (TPSA) is 40.6 Å². The van der Waals surface area contributed by atoms with Crippen molar-refractivity contribution < 1.29 is 9.59 Å². The third-order valence-corrected chi connectivity index (χ3v) is 7.55. The summed E-state index contributed by atoms with van der Waals surface area (Å²) in [5.41, 5.74) is 6.71. The second-order valence-electron chi connectivity index (χ2n) is 8.83. The lowest BCUT2D eigenvalue weighted by atomic mass is 9.88. The van der Waals surface area contributed by atoms with Crippen molar-refractivity contribution >= 4 is 40.5 Å². The summed E-state index contributed by atoms with van der Waals surface area (Å²) in [5, 5.41) is 0. The summed E-state index contributed by atoms with van der Waals surface area (Å²) in [7, 11) is 0. The number of aryl methyl sites for hydroxylation is 2. The molecule has 3 heterocycles. The molecule has 1 spiro atoms. The summed E-state index contributed by atoms with van der Waals surface area (Å²) < 4.78 is 0. The molecule has 0 radical (unpaired) electrons. The molecule has 0 aliphatic carbocycles. The maximum Gasteiger partial charge on any atom is 0.269 e. The minimum absolute atomic E-state index is 0.0233. The standard InChI is InChI=1S/C24H24N2O2S/c1-14-6-8-17(9-7-14)25-20(27)13-29-24(25)19-11-15(2)10-18-16(3)12-23(4,5)26(21(18)19)22(24)28/h6-12H,13H2,1-5H3/t24-/m0/s1. The highest BCUT2D eigenvalue weighted by Gasteiger charge is 2.64. The molecule has 1 saturated heterocycles. The fourth-order valence-corrected chi connectivity index (χ4v) is 6.34. The van der Waals surface area contributed by atoms with E-state index in [1.807, 2.05) is 36.1 Å². The van der Waals surface area contributed by atoms with Crippen molar-refractivity contribution in [3.63, 3.8) is 0 Å². The minimum atomic E-state index is -1.04. The Hall–Kier alpha value is -2.53. The number of hydrogen-bond donors (Lipinski definition) is 0. The van der Waals surface area contributed by atoms with Gasteiger partial charge in [0.15, 0.2) is 0 Å². The molecule has 2 aromatic carbocycles. The van der Waals surface area contributed by atoms with Crippen molar-refractivity contribution in [3.05, 3.63) is 64.7 Å². The van der Waals surface area contributed by atoms with Crippen LogP contribution in [-0.2, 0) is 14.5 Å². The van der Waals surface area contributed by atoms with Crippen LogP contribution in [0.5, 0.6) is 0 Å². The third-order valence-electron chi connectivity index (χ3n) is 6.17. The first-order valence-corrected chi connectivity index (χ1v) is 10.9. The molecule has 29 heavy (non-hydrogen) atoms. The number of carbonyl (C=O) groups excluding carboxylic acids is 2. The van der Waals surface area contributed by atoms with Gasteiger partial charge in [-0.1, -0.05) is 29.8 Å². The molecule has 0 unspecified atom stereocenters. The van der Waals surface area contributed by atoms with Crippen molar-refractivity contribution in [2.45, 2.75) is 45.0 Å². The van der Waals surface area contributed by atoms with Gasteiger partial charge in [0.05, 0.1) is 17.0 Å². The van der Waals surface area contributed by atoms with Crippen LogP contribution in [0, 0.1) is 13.8 Å². The molecular formula is C24H24N2O2S. The summed E-state index contributed by atoms with van der Waals surface area (Å²) >= 11 is 1.45. The molecular weight excluding hydrogens is 380 g/mol. The van der Waals surface area contributed by atoms with Gasteiger partial charge in [0, 0.05) is 16.8 Å². The second-order valence-corrected chi connectivity index (χ2v) is 10.00. The average Bonchev–Trinajstić information content (AvgIpc) is 3.11. The molecule has 3 aliphatic rings. The van der Waals surface area contributed by atoms with E-state index in [-0.39, 0.29) is 11.8 Å². The van der Waals surface area contributed by atoms with Crippen LogP contribution in [0.1, 0.15) is 43.0 Å². The molecule has 0 N–H and O–H groups in total. The Morgan fingerprint density at radius 1 is 0.931 bits per heavy atom. The van der Waals surface area contributed by atoms with Crippen LogP contribution < -0.4 is 9.80 Å². The first-order valence-electron chi connectivity index (χ1n) is 9.90. The molecule has 0 saturated carbocycles. The summed E-state index contributed by atoms with van der Waals surface area (Å²) in [6, 6.07) is 12.1. The number of fused-ring (bicyclic) bond motifs is 1. The zero-order valence-corrected chi connectivity index (χ0v) is 18.2. The van der Waals surface area contributed by atoms with E-state index >= 15 is 0 Å². The van der Waals surface area contributed by atoms with Gasteiger partial charge in [-0.25, -0.2) is 0 Å². The number of hydrogen-bond acceptors (Lipinski definition) is 3. The minimum Gasteiger partial charge on any atom is -0.299 e. The van der Waals surface area contributed by atoms with E-state index in [0.717, 1.165) is 33.6 Å². The molecule has 2 amide bonds. The van der Waals surface area contributed by atoms with E-state index in [4.69, 9.17) is 0 Å². The zero-order chi connectivity index (χ0) is 20.7. The Morgan fingerprint density at radius 3 is 2.31 bits per heavy atom. The Bertz CT molecular complexity index is 1120. The number of rotatable bonds is 1. The first kappa shape index (κ1) is 18.5. The third kappa shape index (κ3) is 2.28. The lowest BCUT2D eigenvalue weighted by Gasteiger charge is -2.40. The van der Waals surface area contributed by atoms with E-state index < -0.39 is 10.4 Å². The molecule has 148 valence electrons. The van der Waals surface area contributed by atoms with Crippen LogP contribution in [0.25, 0.3) is 5.57 Å². The van der Waals surface area contributed by atoms with Crippen LogP contribution >= 0.6 is 11.8 Å². The fourth-order valence-electron chi connectivity index (χ4n) is 5.02. The lowest BCUT2D eigenvalue weighted by Crippen LogP contribution is -2.54. The largest absolute Gasteiger partial charge is 0.299 e. The zero-order valence-electron chi connectivity index (χ0n) is 17.4. The number of benzene rings is 2. The fraction of sp³-hybridized carbons (Fsp3) is 0.333. The molecule has 3 aliphatic heterocycles. The van der Waals surface area contributed by atoms with Gasteiger partial charge in [-0.3, -0.25) is 19.4 Å².